The Morgan fingerprint density at radius 1 is 1.19 bits per heavy atom. The van der Waals surface area contributed by atoms with Gasteiger partial charge in [0.2, 0.25) is 11.7 Å². The first-order valence-corrected chi connectivity index (χ1v) is 12.1. The molecule has 2 saturated carbocycles. The van der Waals surface area contributed by atoms with Gasteiger partial charge in [0.25, 0.3) is 0 Å². The number of fused-ring (bicyclic) bond motifs is 3. The van der Waals surface area contributed by atoms with Crippen molar-refractivity contribution in [1.29, 1.82) is 0 Å². The number of ether oxygens (including phenoxy) is 1. The average Bonchev–Trinajstić information content (AvgIpc) is 2.78. The van der Waals surface area contributed by atoms with Crippen molar-refractivity contribution in [2.75, 3.05) is 6.61 Å². The van der Waals surface area contributed by atoms with E-state index in [1.54, 1.807) is 6.07 Å². The van der Waals surface area contributed by atoms with Crippen LogP contribution in [0.5, 0.6) is 5.75 Å². The highest BCUT2D eigenvalue weighted by Crippen LogP contribution is 2.51. The standard InChI is InChI=1S/C26H32N2O9/c1-25(2,3)10-37-24(35)28-9-11-4-5-15(29)18-14(11)7-12-6-13-8-16(30)19(23(27)34)22(33)26(13,36)21(32)17(12)20(18)31/h4-5,12-13,16,19,29-31,36H,6-10H2,1-3H3,(H2,27,34)(H,28,35)/t12-,13+,16?,19?,26+/m1/s1. The van der Waals surface area contributed by atoms with Crippen LogP contribution in [0.1, 0.15) is 50.3 Å². The maximum absolute atomic E-state index is 13.5. The molecule has 1 aromatic carbocycles. The van der Waals surface area contributed by atoms with Gasteiger partial charge >= 0.3 is 6.09 Å². The summed E-state index contributed by atoms with van der Waals surface area (Å²) in [6.07, 6.45) is -2.05. The van der Waals surface area contributed by atoms with E-state index in [0.717, 1.165) is 0 Å². The minimum atomic E-state index is -2.62. The number of nitrogens with two attached hydrogens (primary N) is 1. The first-order chi connectivity index (χ1) is 17.2. The van der Waals surface area contributed by atoms with E-state index in [1.165, 1.54) is 6.07 Å². The van der Waals surface area contributed by atoms with E-state index in [1.807, 2.05) is 20.8 Å². The third-order valence-corrected chi connectivity index (χ3v) is 7.42. The first kappa shape index (κ1) is 26.6. The SMILES string of the molecule is CC(C)(C)COC(=O)NCc1ccc(O)c2c1C[C@H]1C[C@H]3CC(O)C(C(N)=O)C(=O)[C@@]3(O)C(=O)C1=C2O. The second kappa shape index (κ2) is 9.14. The molecule has 2 fully saturated rings. The maximum atomic E-state index is 13.5. The fraction of sp³-hybridized carbons (Fsp3) is 0.538. The lowest BCUT2D eigenvalue weighted by Crippen LogP contribution is -2.66. The van der Waals surface area contributed by atoms with Crippen LogP contribution in [0.4, 0.5) is 4.79 Å². The van der Waals surface area contributed by atoms with Crippen LogP contribution < -0.4 is 11.1 Å². The number of aromatic hydroxyl groups is 1. The van der Waals surface area contributed by atoms with Gasteiger partial charge in [0.1, 0.15) is 17.4 Å². The number of hydrogen-bond acceptors (Lipinski definition) is 9. The minimum absolute atomic E-state index is 0.0275. The van der Waals surface area contributed by atoms with Gasteiger partial charge in [-0.2, -0.15) is 0 Å². The lowest BCUT2D eigenvalue weighted by molar-refractivity contribution is -0.174. The summed E-state index contributed by atoms with van der Waals surface area (Å²) in [5.41, 5.74) is 3.23. The van der Waals surface area contributed by atoms with E-state index in [0.29, 0.717) is 11.1 Å². The molecule has 2 unspecified atom stereocenters. The number of benzene rings is 1. The van der Waals surface area contributed by atoms with Crippen molar-refractivity contribution < 1.29 is 44.3 Å². The van der Waals surface area contributed by atoms with E-state index in [-0.39, 0.29) is 54.7 Å². The van der Waals surface area contributed by atoms with Crippen LogP contribution >= 0.6 is 0 Å². The first-order valence-electron chi connectivity index (χ1n) is 12.1. The zero-order valence-electron chi connectivity index (χ0n) is 20.9. The number of ketones is 2. The predicted molar refractivity (Wildman–Crippen MR) is 129 cm³/mol. The summed E-state index contributed by atoms with van der Waals surface area (Å²) in [4.78, 5) is 50.5. The number of aliphatic hydroxyl groups excluding tert-OH is 2. The second-order valence-corrected chi connectivity index (χ2v) is 11.3. The number of rotatable bonds is 4. The Bertz CT molecular complexity index is 1220. The highest BCUT2D eigenvalue weighted by Gasteiger charge is 2.63. The Kier molecular flexibility index (Phi) is 6.58. The predicted octanol–water partition coefficient (Wildman–Crippen LogP) is 0.861. The van der Waals surface area contributed by atoms with Crippen LogP contribution in [0, 0.1) is 23.2 Å². The molecule has 0 aliphatic heterocycles. The number of hydrogen-bond donors (Lipinski definition) is 6. The van der Waals surface area contributed by atoms with Gasteiger partial charge in [-0.15, -0.1) is 0 Å². The number of phenols is 1. The Balaban J connectivity index is 1.68. The second-order valence-electron chi connectivity index (χ2n) is 11.3. The molecule has 37 heavy (non-hydrogen) atoms. The highest BCUT2D eigenvalue weighted by atomic mass is 16.5. The average molecular weight is 517 g/mol. The topological polar surface area (TPSA) is 196 Å². The third kappa shape index (κ3) is 4.46. The quantitative estimate of drug-likeness (QED) is 0.314. The van der Waals surface area contributed by atoms with Crippen molar-refractivity contribution in [1.82, 2.24) is 5.32 Å². The van der Waals surface area contributed by atoms with Crippen LogP contribution in [0.25, 0.3) is 5.76 Å². The molecule has 5 atom stereocenters. The van der Waals surface area contributed by atoms with Crippen molar-refractivity contribution in [3.63, 3.8) is 0 Å². The molecule has 0 saturated heterocycles. The largest absolute Gasteiger partial charge is 0.507 e. The Morgan fingerprint density at radius 2 is 1.86 bits per heavy atom. The van der Waals surface area contributed by atoms with Gasteiger partial charge in [0.15, 0.2) is 11.4 Å². The zero-order valence-corrected chi connectivity index (χ0v) is 20.9. The van der Waals surface area contributed by atoms with Gasteiger partial charge < -0.3 is 36.2 Å². The highest BCUT2D eigenvalue weighted by molar-refractivity contribution is 6.24. The number of Topliss-reactive ketones (excluding diaryl/α,β-unsaturated/α-hetero) is 2. The van der Waals surface area contributed by atoms with E-state index < -0.39 is 58.8 Å². The van der Waals surface area contributed by atoms with Gasteiger partial charge in [0, 0.05) is 18.0 Å². The molecule has 4 rings (SSSR count). The van der Waals surface area contributed by atoms with E-state index in [2.05, 4.69) is 5.32 Å². The molecule has 0 bridgehead atoms. The fourth-order valence-corrected chi connectivity index (χ4v) is 5.66. The molecule has 0 spiro atoms. The number of nitrogens with one attached hydrogen (secondary N) is 1. The number of carbonyl (C=O) groups is 4. The lowest BCUT2D eigenvalue weighted by Gasteiger charge is -2.48. The van der Waals surface area contributed by atoms with Gasteiger partial charge in [0.05, 0.1) is 18.3 Å². The number of alkyl carbamates (subject to hydrolysis) is 1. The molecule has 11 heteroatoms. The molecular formula is C26H32N2O9. The number of phenolic OH excluding ortho intramolecular Hbond substituents is 1. The van der Waals surface area contributed by atoms with Crippen molar-refractivity contribution in [2.24, 2.45) is 28.9 Å². The molecule has 2 amide bonds. The summed E-state index contributed by atoms with van der Waals surface area (Å²) in [5, 5.41) is 45.9. The van der Waals surface area contributed by atoms with Crippen molar-refractivity contribution >= 4 is 29.3 Å². The smallest absolute Gasteiger partial charge is 0.407 e. The van der Waals surface area contributed by atoms with Gasteiger partial charge in [-0.1, -0.05) is 26.8 Å². The zero-order chi connectivity index (χ0) is 27.4. The molecule has 1 aromatic rings. The number of aliphatic hydroxyl groups is 3. The van der Waals surface area contributed by atoms with Gasteiger partial charge in [-0.25, -0.2) is 4.79 Å². The molecule has 3 aliphatic rings. The van der Waals surface area contributed by atoms with Gasteiger partial charge in [-0.3, -0.25) is 14.4 Å². The molecule has 0 radical (unpaired) electrons. The molecular weight excluding hydrogens is 484 g/mol. The minimum Gasteiger partial charge on any atom is -0.507 e. The summed E-state index contributed by atoms with van der Waals surface area (Å²) in [5.74, 6) is -7.67. The van der Waals surface area contributed by atoms with Crippen molar-refractivity contribution in [3.8, 4) is 5.75 Å². The molecule has 7 N–H and O–H groups in total. The summed E-state index contributed by atoms with van der Waals surface area (Å²) >= 11 is 0. The Hall–Kier alpha value is -3.44. The monoisotopic (exact) mass is 516 g/mol. The number of primary amides is 1. The van der Waals surface area contributed by atoms with Crippen LogP contribution in [0.15, 0.2) is 17.7 Å². The summed E-state index contributed by atoms with van der Waals surface area (Å²) < 4.78 is 5.21. The van der Waals surface area contributed by atoms with Crippen molar-refractivity contribution in [3.05, 3.63) is 34.4 Å². The summed E-state index contributed by atoms with van der Waals surface area (Å²) in [6, 6.07) is 2.90. The van der Waals surface area contributed by atoms with Crippen molar-refractivity contribution in [2.45, 2.75) is 58.3 Å². The fourth-order valence-electron chi connectivity index (χ4n) is 5.66. The molecule has 11 nitrogen and oxygen atoms in total. The van der Waals surface area contributed by atoms with Crippen LogP contribution in [-0.4, -0.2) is 62.3 Å². The molecule has 200 valence electrons. The maximum Gasteiger partial charge on any atom is 0.407 e. The molecule has 0 heterocycles. The normalized spacial score (nSPS) is 29.2. The Morgan fingerprint density at radius 3 is 2.49 bits per heavy atom. The van der Waals surface area contributed by atoms with Crippen LogP contribution in [-0.2, 0) is 32.1 Å². The number of carbonyl (C=O) groups excluding carboxylic acids is 4. The summed E-state index contributed by atoms with van der Waals surface area (Å²) in [7, 11) is 0. The van der Waals surface area contributed by atoms with Gasteiger partial charge in [-0.05, 0) is 47.8 Å². The van der Waals surface area contributed by atoms with Crippen LogP contribution in [0.2, 0.25) is 0 Å². The van der Waals surface area contributed by atoms with Crippen LogP contribution in [0.3, 0.4) is 0 Å². The Labute approximate surface area is 213 Å². The molecule has 3 aliphatic carbocycles. The number of amides is 2. The van der Waals surface area contributed by atoms with E-state index in [9.17, 15) is 39.6 Å². The molecule has 0 aromatic heterocycles. The summed E-state index contributed by atoms with van der Waals surface area (Å²) in [6.45, 7) is 5.99. The lowest BCUT2D eigenvalue weighted by atomic mass is 9.56. The van der Waals surface area contributed by atoms with E-state index in [4.69, 9.17) is 10.5 Å². The third-order valence-electron chi connectivity index (χ3n) is 7.42. The van der Waals surface area contributed by atoms with E-state index >= 15 is 0 Å².